The van der Waals surface area contributed by atoms with Crippen molar-refractivity contribution in [3.63, 3.8) is 0 Å². The van der Waals surface area contributed by atoms with Crippen LogP contribution < -0.4 is 5.32 Å². The minimum absolute atomic E-state index is 0.686. The summed E-state index contributed by atoms with van der Waals surface area (Å²) in [6.45, 7) is 1.67. The molecule has 0 aliphatic heterocycles. The number of thioether (sulfide) groups is 1. The molecule has 1 saturated carbocycles. The number of ether oxygens (including phenoxy) is 1. The third kappa shape index (κ3) is 3.74. The molecule has 1 aliphatic rings. The van der Waals surface area contributed by atoms with Crippen LogP contribution in [0, 0.1) is 0 Å². The van der Waals surface area contributed by atoms with Crippen molar-refractivity contribution in [2.24, 2.45) is 0 Å². The number of methoxy groups -OCH3 is 1. The first-order chi connectivity index (χ1) is 8.83. The van der Waals surface area contributed by atoms with E-state index in [9.17, 15) is 0 Å². The molecule has 1 aromatic carbocycles. The Morgan fingerprint density at radius 3 is 2.94 bits per heavy atom. The fourth-order valence-electron chi connectivity index (χ4n) is 2.69. The molecule has 0 spiro atoms. The van der Waals surface area contributed by atoms with E-state index in [0.29, 0.717) is 12.6 Å². The lowest BCUT2D eigenvalue weighted by Gasteiger charge is -2.19. The van der Waals surface area contributed by atoms with Crippen molar-refractivity contribution < 1.29 is 4.74 Å². The Morgan fingerprint density at radius 2 is 2.17 bits per heavy atom. The Kier molecular flexibility index (Phi) is 5.54. The number of rotatable bonds is 6. The predicted molar refractivity (Wildman–Crippen MR) is 78.9 cm³/mol. The van der Waals surface area contributed by atoms with Crippen molar-refractivity contribution >= 4 is 11.8 Å². The summed E-state index contributed by atoms with van der Waals surface area (Å²) in [6.07, 6.45) is 6.28. The van der Waals surface area contributed by atoms with E-state index >= 15 is 0 Å². The van der Waals surface area contributed by atoms with E-state index in [1.165, 1.54) is 30.4 Å². The summed E-state index contributed by atoms with van der Waals surface area (Å²) in [6, 6.07) is 9.35. The molecule has 3 heteroatoms. The Balaban J connectivity index is 1.87. The van der Waals surface area contributed by atoms with Gasteiger partial charge in [-0.05, 0) is 30.2 Å². The number of hydrogen-bond acceptors (Lipinski definition) is 3. The normalized spacial score (nSPS) is 23.4. The zero-order valence-electron chi connectivity index (χ0n) is 11.3. The van der Waals surface area contributed by atoms with Crippen LogP contribution in [0.1, 0.15) is 30.4 Å². The lowest BCUT2D eigenvalue weighted by Crippen LogP contribution is -2.33. The monoisotopic (exact) mass is 265 g/mol. The topological polar surface area (TPSA) is 21.3 Å². The fraction of sp³-hybridized carbons (Fsp3) is 0.600. The summed E-state index contributed by atoms with van der Waals surface area (Å²) in [5.41, 5.74) is 2.61. The Morgan fingerprint density at radius 1 is 1.33 bits per heavy atom. The van der Waals surface area contributed by atoms with E-state index in [2.05, 4.69) is 35.8 Å². The maximum Gasteiger partial charge on any atom is 0.0713 e. The van der Waals surface area contributed by atoms with Crippen molar-refractivity contribution in [3.05, 3.63) is 35.4 Å². The highest BCUT2D eigenvalue weighted by molar-refractivity contribution is 7.99. The molecule has 0 radical (unpaired) electrons. The average molecular weight is 265 g/mol. The zero-order chi connectivity index (χ0) is 12.8. The molecule has 2 atom stereocenters. The SMILES string of the molecule is COCc1cccc(CNC2CCCC2SC)c1. The van der Waals surface area contributed by atoms with Crippen LogP contribution in [-0.4, -0.2) is 24.7 Å². The van der Waals surface area contributed by atoms with Crippen molar-refractivity contribution in [2.75, 3.05) is 13.4 Å². The van der Waals surface area contributed by atoms with Gasteiger partial charge in [0.1, 0.15) is 0 Å². The van der Waals surface area contributed by atoms with Crippen LogP contribution in [0.5, 0.6) is 0 Å². The third-order valence-electron chi connectivity index (χ3n) is 3.63. The van der Waals surface area contributed by atoms with Gasteiger partial charge < -0.3 is 10.1 Å². The van der Waals surface area contributed by atoms with E-state index in [0.717, 1.165) is 11.8 Å². The van der Waals surface area contributed by atoms with Crippen LogP contribution >= 0.6 is 11.8 Å². The van der Waals surface area contributed by atoms with Crippen LogP contribution in [0.3, 0.4) is 0 Å². The van der Waals surface area contributed by atoms with E-state index in [1.54, 1.807) is 7.11 Å². The number of hydrogen-bond donors (Lipinski definition) is 1. The highest BCUT2D eigenvalue weighted by Crippen LogP contribution is 2.28. The highest BCUT2D eigenvalue weighted by Gasteiger charge is 2.25. The van der Waals surface area contributed by atoms with Gasteiger partial charge >= 0.3 is 0 Å². The van der Waals surface area contributed by atoms with Gasteiger partial charge in [-0.3, -0.25) is 0 Å². The van der Waals surface area contributed by atoms with Crippen LogP contribution in [-0.2, 0) is 17.9 Å². The molecular weight excluding hydrogens is 242 g/mol. The molecular formula is C15H23NOS. The minimum atomic E-state index is 0.686. The van der Waals surface area contributed by atoms with Crippen molar-refractivity contribution in [1.82, 2.24) is 5.32 Å². The highest BCUT2D eigenvalue weighted by atomic mass is 32.2. The summed E-state index contributed by atoms with van der Waals surface area (Å²) in [5.74, 6) is 0. The summed E-state index contributed by atoms with van der Waals surface area (Å²) < 4.78 is 5.17. The summed E-state index contributed by atoms with van der Waals surface area (Å²) >= 11 is 2.00. The van der Waals surface area contributed by atoms with Crippen molar-refractivity contribution in [3.8, 4) is 0 Å². The molecule has 0 heterocycles. The predicted octanol–water partition coefficient (Wildman–Crippen LogP) is 3.21. The summed E-state index contributed by atoms with van der Waals surface area (Å²) in [4.78, 5) is 0. The second kappa shape index (κ2) is 7.17. The van der Waals surface area contributed by atoms with Gasteiger partial charge in [-0.25, -0.2) is 0 Å². The standard InChI is InChI=1S/C15H23NOS/c1-17-11-13-6-3-5-12(9-13)10-16-14-7-4-8-15(14)18-2/h3,5-6,9,14-16H,4,7-8,10-11H2,1-2H3. The smallest absolute Gasteiger partial charge is 0.0713 e. The number of nitrogens with one attached hydrogen (secondary N) is 1. The molecule has 0 saturated heterocycles. The quantitative estimate of drug-likeness (QED) is 0.853. The van der Waals surface area contributed by atoms with Gasteiger partial charge in [0.2, 0.25) is 0 Å². The largest absolute Gasteiger partial charge is 0.380 e. The van der Waals surface area contributed by atoms with Gasteiger partial charge in [0.25, 0.3) is 0 Å². The molecule has 0 bridgehead atoms. The molecule has 2 nitrogen and oxygen atoms in total. The minimum Gasteiger partial charge on any atom is -0.380 e. The van der Waals surface area contributed by atoms with E-state index in [1.807, 2.05) is 11.8 Å². The Bertz CT molecular complexity index is 369. The maximum absolute atomic E-state index is 5.17. The molecule has 18 heavy (non-hydrogen) atoms. The van der Waals surface area contributed by atoms with E-state index in [-0.39, 0.29) is 0 Å². The van der Waals surface area contributed by atoms with Gasteiger partial charge in [0.15, 0.2) is 0 Å². The first-order valence-electron chi connectivity index (χ1n) is 6.66. The first-order valence-corrected chi connectivity index (χ1v) is 7.95. The third-order valence-corrected chi connectivity index (χ3v) is 4.80. The number of benzene rings is 1. The van der Waals surface area contributed by atoms with Gasteiger partial charge in [-0.15, -0.1) is 0 Å². The van der Waals surface area contributed by atoms with E-state index < -0.39 is 0 Å². The molecule has 1 aromatic rings. The Hall–Kier alpha value is -0.510. The van der Waals surface area contributed by atoms with Crippen molar-refractivity contribution in [2.45, 2.75) is 43.7 Å². The summed E-state index contributed by atoms with van der Waals surface area (Å²) in [7, 11) is 1.74. The maximum atomic E-state index is 5.17. The molecule has 1 fully saturated rings. The van der Waals surface area contributed by atoms with Gasteiger partial charge in [-0.2, -0.15) is 11.8 Å². The molecule has 100 valence electrons. The summed E-state index contributed by atoms with van der Waals surface area (Å²) in [5, 5.41) is 4.50. The molecule has 1 N–H and O–H groups in total. The molecule has 0 aromatic heterocycles. The van der Waals surface area contributed by atoms with E-state index in [4.69, 9.17) is 4.74 Å². The lowest BCUT2D eigenvalue weighted by atomic mass is 10.1. The Labute approximate surface area is 114 Å². The van der Waals surface area contributed by atoms with Crippen LogP contribution in [0.25, 0.3) is 0 Å². The molecule has 0 amide bonds. The lowest BCUT2D eigenvalue weighted by molar-refractivity contribution is 0.185. The van der Waals surface area contributed by atoms with Crippen molar-refractivity contribution in [1.29, 1.82) is 0 Å². The molecule has 2 rings (SSSR count). The first kappa shape index (κ1) is 13.9. The fourth-order valence-corrected chi connectivity index (χ4v) is 3.65. The molecule has 1 aliphatic carbocycles. The van der Waals surface area contributed by atoms with Crippen LogP contribution in [0.15, 0.2) is 24.3 Å². The van der Waals surface area contributed by atoms with Gasteiger partial charge in [-0.1, -0.05) is 30.7 Å². The van der Waals surface area contributed by atoms with Crippen LogP contribution in [0.2, 0.25) is 0 Å². The van der Waals surface area contributed by atoms with Crippen LogP contribution in [0.4, 0.5) is 0 Å². The van der Waals surface area contributed by atoms with Gasteiger partial charge in [0, 0.05) is 24.9 Å². The second-order valence-electron chi connectivity index (χ2n) is 4.95. The average Bonchev–Trinajstić information content (AvgIpc) is 2.84. The second-order valence-corrected chi connectivity index (χ2v) is 6.02. The zero-order valence-corrected chi connectivity index (χ0v) is 12.1. The van der Waals surface area contributed by atoms with Gasteiger partial charge in [0.05, 0.1) is 6.61 Å². The molecule has 2 unspecified atom stereocenters.